The van der Waals surface area contributed by atoms with Gasteiger partial charge in [0, 0.05) is 12.1 Å². The Morgan fingerprint density at radius 2 is 1.81 bits per heavy atom. The van der Waals surface area contributed by atoms with Crippen molar-refractivity contribution >= 4 is 17.1 Å². The number of alkyl halides is 3. The van der Waals surface area contributed by atoms with Gasteiger partial charge in [-0.15, -0.1) is 13.2 Å². The molecule has 6 nitrogen and oxygen atoms in total. The van der Waals surface area contributed by atoms with Crippen LogP contribution in [0.2, 0.25) is 0 Å². The van der Waals surface area contributed by atoms with Crippen molar-refractivity contribution in [1.82, 2.24) is 0 Å². The Kier molecular flexibility index (Phi) is 2.79. The number of benzene rings is 1. The van der Waals surface area contributed by atoms with Crippen LogP contribution < -0.4 is 16.2 Å². The Balaban J connectivity index is 3.16. The molecule has 0 saturated carbocycles. The topological polar surface area (TPSA) is 104 Å². The zero-order chi connectivity index (χ0) is 12.5. The first kappa shape index (κ1) is 11.9. The number of hydrogen-bond acceptors (Lipinski definition) is 5. The molecule has 1 rings (SSSR count). The quantitative estimate of drug-likeness (QED) is 0.462. The molecule has 0 fully saturated rings. The van der Waals surface area contributed by atoms with E-state index in [1.165, 1.54) is 0 Å². The molecule has 0 unspecified atom stereocenters. The predicted molar refractivity (Wildman–Crippen MR) is 48.6 cm³/mol. The third kappa shape index (κ3) is 2.65. The van der Waals surface area contributed by atoms with Gasteiger partial charge in [-0.3, -0.25) is 10.1 Å². The zero-order valence-electron chi connectivity index (χ0n) is 7.62. The van der Waals surface area contributed by atoms with Crippen molar-refractivity contribution in [3.63, 3.8) is 0 Å². The summed E-state index contributed by atoms with van der Waals surface area (Å²) in [5.41, 5.74) is 8.76. The van der Waals surface area contributed by atoms with Crippen molar-refractivity contribution in [2.45, 2.75) is 6.36 Å². The molecular weight excluding hydrogens is 231 g/mol. The second-order valence-corrected chi connectivity index (χ2v) is 2.75. The van der Waals surface area contributed by atoms with Gasteiger partial charge in [-0.2, -0.15) is 0 Å². The number of rotatable bonds is 2. The Hall–Kier alpha value is -2.19. The first-order valence-corrected chi connectivity index (χ1v) is 3.80. The van der Waals surface area contributed by atoms with E-state index in [4.69, 9.17) is 11.5 Å². The molecule has 88 valence electrons. The highest BCUT2D eigenvalue weighted by Crippen LogP contribution is 2.35. The summed E-state index contributed by atoms with van der Waals surface area (Å²) in [6.45, 7) is 0. The Labute approximate surface area is 86.7 Å². The molecular formula is C7H6F3N3O3. The average molecular weight is 237 g/mol. The largest absolute Gasteiger partial charge is 0.573 e. The maximum Gasteiger partial charge on any atom is 0.573 e. The first-order chi connectivity index (χ1) is 7.20. The van der Waals surface area contributed by atoms with Crippen LogP contribution in [-0.2, 0) is 0 Å². The molecule has 0 spiro atoms. The summed E-state index contributed by atoms with van der Waals surface area (Å²) in [4.78, 5) is 9.52. The van der Waals surface area contributed by atoms with Gasteiger partial charge in [0.25, 0.3) is 5.69 Å². The van der Waals surface area contributed by atoms with Crippen LogP contribution in [0.15, 0.2) is 12.1 Å². The van der Waals surface area contributed by atoms with Crippen molar-refractivity contribution in [2.75, 3.05) is 11.5 Å². The van der Waals surface area contributed by atoms with Gasteiger partial charge in [-0.25, -0.2) is 0 Å². The Bertz CT molecular complexity index is 433. The van der Waals surface area contributed by atoms with E-state index in [1.807, 2.05) is 0 Å². The van der Waals surface area contributed by atoms with Gasteiger partial charge in [-0.05, 0) is 0 Å². The van der Waals surface area contributed by atoms with E-state index in [-0.39, 0.29) is 0 Å². The van der Waals surface area contributed by atoms with Crippen LogP contribution in [0.25, 0.3) is 0 Å². The molecule has 0 saturated heterocycles. The third-order valence-electron chi connectivity index (χ3n) is 1.58. The van der Waals surface area contributed by atoms with Crippen LogP contribution in [0.1, 0.15) is 0 Å². The number of nitro groups is 1. The summed E-state index contributed by atoms with van der Waals surface area (Å²) < 4.78 is 39.1. The minimum absolute atomic E-state index is 0.460. The van der Waals surface area contributed by atoms with E-state index < -0.39 is 34.1 Å². The summed E-state index contributed by atoms with van der Waals surface area (Å²) in [5, 5.41) is 10.4. The molecule has 9 heteroatoms. The predicted octanol–water partition coefficient (Wildman–Crippen LogP) is 1.66. The lowest BCUT2D eigenvalue weighted by molar-refractivity contribution is -0.383. The molecule has 0 heterocycles. The highest BCUT2D eigenvalue weighted by atomic mass is 19.4. The van der Waals surface area contributed by atoms with Crippen LogP contribution in [0, 0.1) is 10.1 Å². The lowest BCUT2D eigenvalue weighted by atomic mass is 10.2. The van der Waals surface area contributed by atoms with Crippen LogP contribution in [0.3, 0.4) is 0 Å². The number of nitrogen functional groups attached to an aromatic ring is 2. The number of ether oxygens (including phenoxy) is 1. The number of nitrogens with zero attached hydrogens (tertiary/aromatic N) is 1. The first-order valence-electron chi connectivity index (χ1n) is 3.80. The molecule has 1 aromatic carbocycles. The van der Waals surface area contributed by atoms with E-state index in [2.05, 4.69) is 4.74 Å². The minimum atomic E-state index is -4.93. The number of hydrogen-bond donors (Lipinski definition) is 2. The van der Waals surface area contributed by atoms with E-state index in [1.54, 1.807) is 0 Å². The molecule has 0 bridgehead atoms. The SMILES string of the molecule is Nc1cc([N+](=O)[O-])c(N)cc1OC(F)(F)F. The zero-order valence-corrected chi connectivity index (χ0v) is 7.62. The summed E-state index contributed by atoms with van der Waals surface area (Å²) in [5.74, 6) is -0.768. The molecule has 0 atom stereocenters. The van der Waals surface area contributed by atoms with Gasteiger partial charge >= 0.3 is 6.36 Å². The van der Waals surface area contributed by atoms with Gasteiger partial charge in [0.2, 0.25) is 0 Å². The molecule has 0 aliphatic carbocycles. The fraction of sp³-hybridized carbons (Fsp3) is 0.143. The summed E-state index contributed by atoms with van der Waals surface area (Å²) in [6, 6.07) is 1.36. The number of anilines is 2. The van der Waals surface area contributed by atoms with Crippen LogP contribution in [0.5, 0.6) is 5.75 Å². The van der Waals surface area contributed by atoms with Crippen molar-refractivity contribution < 1.29 is 22.8 Å². The number of nitro benzene ring substituents is 1. The van der Waals surface area contributed by atoms with Gasteiger partial charge in [0.15, 0.2) is 5.75 Å². The monoisotopic (exact) mass is 237 g/mol. The molecule has 0 aliphatic heterocycles. The van der Waals surface area contributed by atoms with Gasteiger partial charge in [0.05, 0.1) is 10.6 Å². The van der Waals surface area contributed by atoms with Crippen molar-refractivity contribution in [3.05, 3.63) is 22.2 Å². The molecule has 16 heavy (non-hydrogen) atoms. The van der Waals surface area contributed by atoms with Gasteiger partial charge in [0.1, 0.15) is 5.69 Å². The van der Waals surface area contributed by atoms with E-state index in [9.17, 15) is 23.3 Å². The Morgan fingerprint density at radius 1 is 1.25 bits per heavy atom. The average Bonchev–Trinajstić information content (AvgIpc) is 2.07. The molecule has 0 aromatic heterocycles. The maximum absolute atomic E-state index is 11.9. The van der Waals surface area contributed by atoms with Crippen LogP contribution in [0.4, 0.5) is 30.2 Å². The Morgan fingerprint density at radius 3 is 2.25 bits per heavy atom. The second-order valence-electron chi connectivity index (χ2n) is 2.75. The molecule has 0 amide bonds. The normalized spacial score (nSPS) is 11.2. The smallest absolute Gasteiger partial charge is 0.403 e. The molecule has 4 N–H and O–H groups in total. The second kappa shape index (κ2) is 3.76. The number of nitrogens with two attached hydrogens (primary N) is 2. The fourth-order valence-corrected chi connectivity index (χ4v) is 0.971. The third-order valence-corrected chi connectivity index (χ3v) is 1.58. The summed E-state index contributed by atoms with van der Waals surface area (Å²) in [7, 11) is 0. The number of halogens is 3. The fourth-order valence-electron chi connectivity index (χ4n) is 0.971. The lowest BCUT2D eigenvalue weighted by Crippen LogP contribution is -2.18. The van der Waals surface area contributed by atoms with Crippen LogP contribution >= 0.6 is 0 Å². The van der Waals surface area contributed by atoms with E-state index in [0.717, 1.165) is 0 Å². The summed E-state index contributed by atoms with van der Waals surface area (Å²) in [6.07, 6.45) is -4.93. The molecule has 0 radical (unpaired) electrons. The highest BCUT2D eigenvalue weighted by molar-refractivity contribution is 5.70. The molecule has 0 aliphatic rings. The van der Waals surface area contributed by atoms with Crippen molar-refractivity contribution in [3.8, 4) is 5.75 Å². The van der Waals surface area contributed by atoms with Crippen molar-refractivity contribution in [1.29, 1.82) is 0 Å². The van der Waals surface area contributed by atoms with Crippen LogP contribution in [-0.4, -0.2) is 11.3 Å². The summed E-state index contributed by atoms with van der Waals surface area (Å²) >= 11 is 0. The highest BCUT2D eigenvalue weighted by Gasteiger charge is 2.32. The van der Waals surface area contributed by atoms with E-state index in [0.29, 0.717) is 12.1 Å². The van der Waals surface area contributed by atoms with Gasteiger partial charge < -0.3 is 16.2 Å². The lowest BCUT2D eigenvalue weighted by Gasteiger charge is -2.11. The standard InChI is InChI=1S/C7H6F3N3O3/c8-7(9,10)16-6-2-3(11)5(13(14)15)1-4(6)12/h1-2H,11-12H2. The van der Waals surface area contributed by atoms with E-state index >= 15 is 0 Å². The van der Waals surface area contributed by atoms with Gasteiger partial charge in [-0.1, -0.05) is 0 Å². The maximum atomic E-state index is 11.9. The molecule has 1 aromatic rings. The van der Waals surface area contributed by atoms with Crippen molar-refractivity contribution in [2.24, 2.45) is 0 Å². The minimum Gasteiger partial charge on any atom is -0.403 e.